The van der Waals surface area contributed by atoms with Gasteiger partial charge in [0.25, 0.3) is 0 Å². The minimum Gasteiger partial charge on any atom is -0.490 e. The molecule has 0 aliphatic heterocycles. The zero-order chi connectivity index (χ0) is 17.6. The normalized spacial score (nSPS) is 12.3. The molecule has 0 bridgehead atoms. The smallest absolute Gasteiger partial charge is 0.161 e. The molecule has 3 rings (SSSR count). The molecule has 4 heteroatoms. The van der Waals surface area contributed by atoms with Gasteiger partial charge in [0.2, 0.25) is 0 Å². The van der Waals surface area contributed by atoms with Crippen molar-refractivity contribution in [3.05, 3.63) is 59.8 Å². The second-order valence-corrected chi connectivity index (χ2v) is 6.07. The van der Waals surface area contributed by atoms with E-state index in [9.17, 15) is 0 Å². The van der Waals surface area contributed by atoms with Crippen LogP contribution in [0.15, 0.2) is 48.7 Å². The highest BCUT2D eigenvalue weighted by atomic mass is 16.5. The topological polar surface area (TPSA) is 60.3 Å². The lowest BCUT2D eigenvalue weighted by Gasteiger charge is -2.18. The number of hydrogen-bond acceptors (Lipinski definition) is 3. The molecule has 3 aromatic rings. The van der Waals surface area contributed by atoms with E-state index in [0.29, 0.717) is 19.8 Å². The molecule has 1 atom stereocenters. The number of hydrogen-bond donors (Lipinski definition) is 2. The van der Waals surface area contributed by atoms with Crippen molar-refractivity contribution in [3.63, 3.8) is 0 Å². The van der Waals surface area contributed by atoms with Crippen LogP contribution in [0.3, 0.4) is 0 Å². The van der Waals surface area contributed by atoms with Crippen molar-refractivity contribution in [2.75, 3.05) is 19.8 Å². The highest BCUT2D eigenvalue weighted by Crippen LogP contribution is 2.35. The molecular weight excluding hydrogens is 312 g/mol. The third-order valence-electron chi connectivity index (χ3n) is 4.36. The molecule has 0 amide bonds. The number of nitrogens with one attached hydrogen (secondary N) is 1. The van der Waals surface area contributed by atoms with Crippen molar-refractivity contribution >= 4 is 10.9 Å². The molecular formula is C21H26N2O2. The van der Waals surface area contributed by atoms with E-state index in [1.165, 1.54) is 10.9 Å². The largest absolute Gasteiger partial charge is 0.490 e. The van der Waals surface area contributed by atoms with Crippen molar-refractivity contribution in [1.82, 2.24) is 4.98 Å². The summed E-state index contributed by atoms with van der Waals surface area (Å²) in [5.41, 5.74) is 9.62. The van der Waals surface area contributed by atoms with Gasteiger partial charge in [0.1, 0.15) is 0 Å². The first-order valence-electron chi connectivity index (χ1n) is 8.94. The Morgan fingerprint density at radius 1 is 1.04 bits per heavy atom. The maximum atomic E-state index is 6.14. The fraction of sp³-hybridized carbons (Fsp3) is 0.333. The summed E-state index contributed by atoms with van der Waals surface area (Å²) in [6, 6.07) is 14.5. The average Bonchev–Trinajstić information content (AvgIpc) is 3.06. The molecule has 0 fully saturated rings. The molecule has 25 heavy (non-hydrogen) atoms. The van der Waals surface area contributed by atoms with Crippen LogP contribution in [0.25, 0.3) is 10.9 Å². The molecule has 0 unspecified atom stereocenters. The molecule has 0 saturated heterocycles. The van der Waals surface area contributed by atoms with Crippen LogP contribution in [0.1, 0.15) is 37.3 Å². The molecule has 0 spiro atoms. The van der Waals surface area contributed by atoms with Gasteiger partial charge in [-0.05, 0) is 42.7 Å². The number of aromatic amines is 1. The van der Waals surface area contributed by atoms with Crippen molar-refractivity contribution < 1.29 is 9.47 Å². The highest BCUT2D eigenvalue weighted by Gasteiger charge is 2.18. The Hall–Kier alpha value is -2.46. The van der Waals surface area contributed by atoms with E-state index in [-0.39, 0.29) is 5.92 Å². The van der Waals surface area contributed by atoms with Crippen LogP contribution in [0.2, 0.25) is 0 Å². The fourth-order valence-corrected chi connectivity index (χ4v) is 3.17. The van der Waals surface area contributed by atoms with E-state index in [2.05, 4.69) is 48.4 Å². The Balaban J connectivity index is 1.99. The summed E-state index contributed by atoms with van der Waals surface area (Å²) in [6.45, 7) is 5.89. The van der Waals surface area contributed by atoms with Gasteiger partial charge >= 0.3 is 0 Å². The van der Waals surface area contributed by atoms with Crippen LogP contribution < -0.4 is 15.2 Å². The second kappa shape index (κ2) is 8.08. The van der Waals surface area contributed by atoms with Gasteiger partial charge in [-0.25, -0.2) is 0 Å². The van der Waals surface area contributed by atoms with Crippen molar-refractivity contribution in [3.8, 4) is 11.5 Å². The summed E-state index contributed by atoms with van der Waals surface area (Å²) in [7, 11) is 0. The molecule has 0 radical (unpaired) electrons. The van der Waals surface area contributed by atoms with Gasteiger partial charge in [-0.2, -0.15) is 0 Å². The van der Waals surface area contributed by atoms with E-state index < -0.39 is 0 Å². The minimum atomic E-state index is 0.107. The number of para-hydroxylation sites is 1. The molecule has 132 valence electrons. The lowest BCUT2D eigenvalue weighted by molar-refractivity contribution is 0.276. The molecule has 3 N–H and O–H groups in total. The van der Waals surface area contributed by atoms with Crippen LogP contribution in [0.4, 0.5) is 0 Å². The monoisotopic (exact) mass is 338 g/mol. The van der Waals surface area contributed by atoms with Crippen LogP contribution in [0.5, 0.6) is 11.5 Å². The second-order valence-electron chi connectivity index (χ2n) is 6.07. The Kier molecular flexibility index (Phi) is 5.61. The SMILES string of the molecule is CCCOc1ccc([C@@H](CN)c2c[nH]c3ccccc23)cc1OCC. The molecule has 2 aromatic carbocycles. The quantitative estimate of drug-likeness (QED) is 0.638. The predicted octanol–water partition coefficient (Wildman–Crippen LogP) is 4.45. The first kappa shape index (κ1) is 17.4. The Bertz CT molecular complexity index is 826. The maximum absolute atomic E-state index is 6.14. The number of H-pyrrole nitrogens is 1. The number of rotatable bonds is 8. The number of fused-ring (bicyclic) bond motifs is 1. The van der Waals surface area contributed by atoms with Gasteiger partial charge in [-0.3, -0.25) is 0 Å². The minimum absolute atomic E-state index is 0.107. The van der Waals surface area contributed by atoms with Gasteiger partial charge in [0.15, 0.2) is 11.5 Å². The van der Waals surface area contributed by atoms with Gasteiger partial charge in [-0.15, -0.1) is 0 Å². The first-order chi connectivity index (χ1) is 12.3. The molecule has 0 saturated carbocycles. The third kappa shape index (κ3) is 3.64. The Labute approximate surface area is 149 Å². The highest BCUT2D eigenvalue weighted by molar-refractivity contribution is 5.84. The number of benzene rings is 2. The zero-order valence-electron chi connectivity index (χ0n) is 14.9. The summed E-state index contributed by atoms with van der Waals surface area (Å²) in [5, 5.41) is 1.21. The average molecular weight is 338 g/mol. The maximum Gasteiger partial charge on any atom is 0.161 e. The van der Waals surface area contributed by atoms with Crippen molar-refractivity contribution in [2.24, 2.45) is 5.73 Å². The number of aromatic nitrogens is 1. The van der Waals surface area contributed by atoms with Gasteiger partial charge in [0.05, 0.1) is 13.2 Å². The van der Waals surface area contributed by atoms with Crippen LogP contribution in [-0.2, 0) is 0 Å². The standard InChI is InChI=1S/C21H26N2O2/c1-3-11-25-20-10-9-15(12-21(20)24-4-2)17(13-22)18-14-23-19-8-6-5-7-16(18)19/h5-10,12,14,17,23H,3-4,11,13,22H2,1-2H3/t17-/m1/s1. The number of ether oxygens (including phenoxy) is 2. The third-order valence-corrected chi connectivity index (χ3v) is 4.36. The van der Waals surface area contributed by atoms with E-state index in [4.69, 9.17) is 15.2 Å². The van der Waals surface area contributed by atoms with Crippen LogP contribution >= 0.6 is 0 Å². The molecule has 4 nitrogen and oxygen atoms in total. The van der Waals surface area contributed by atoms with Crippen molar-refractivity contribution in [1.29, 1.82) is 0 Å². The summed E-state index contributed by atoms with van der Waals surface area (Å²) in [6.07, 6.45) is 3.03. The van der Waals surface area contributed by atoms with E-state index >= 15 is 0 Å². The van der Waals surface area contributed by atoms with E-state index in [0.717, 1.165) is 29.0 Å². The lowest BCUT2D eigenvalue weighted by Crippen LogP contribution is -2.14. The van der Waals surface area contributed by atoms with Gasteiger partial charge in [0, 0.05) is 29.6 Å². The Morgan fingerprint density at radius 2 is 1.88 bits per heavy atom. The predicted molar refractivity (Wildman–Crippen MR) is 103 cm³/mol. The summed E-state index contributed by atoms with van der Waals surface area (Å²) >= 11 is 0. The molecule has 1 heterocycles. The fourth-order valence-electron chi connectivity index (χ4n) is 3.17. The molecule has 0 aliphatic carbocycles. The molecule has 1 aromatic heterocycles. The summed E-state index contributed by atoms with van der Waals surface area (Å²) < 4.78 is 11.6. The van der Waals surface area contributed by atoms with E-state index in [1.54, 1.807) is 0 Å². The van der Waals surface area contributed by atoms with Gasteiger partial charge < -0.3 is 20.2 Å². The summed E-state index contributed by atoms with van der Waals surface area (Å²) in [4.78, 5) is 3.34. The zero-order valence-corrected chi connectivity index (χ0v) is 14.9. The van der Waals surface area contributed by atoms with Crippen molar-refractivity contribution in [2.45, 2.75) is 26.2 Å². The summed E-state index contributed by atoms with van der Waals surface area (Å²) in [5.74, 6) is 1.68. The lowest BCUT2D eigenvalue weighted by atomic mass is 9.91. The van der Waals surface area contributed by atoms with Crippen LogP contribution in [-0.4, -0.2) is 24.7 Å². The van der Waals surface area contributed by atoms with Gasteiger partial charge in [-0.1, -0.05) is 31.2 Å². The van der Waals surface area contributed by atoms with E-state index in [1.807, 2.05) is 19.1 Å². The molecule has 0 aliphatic rings. The number of nitrogens with two attached hydrogens (primary N) is 1. The Morgan fingerprint density at radius 3 is 2.64 bits per heavy atom. The van der Waals surface area contributed by atoms with Crippen LogP contribution in [0, 0.1) is 0 Å². The first-order valence-corrected chi connectivity index (χ1v) is 8.94.